The van der Waals surface area contributed by atoms with Crippen LogP contribution in [0.25, 0.3) is 21.9 Å². The van der Waals surface area contributed by atoms with Crippen molar-refractivity contribution < 1.29 is 19.5 Å². The highest BCUT2D eigenvalue weighted by molar-refractivity contribution is 7.81. The second-order valence-electron chi connectivity index (χ2n) is 10.8. The molecular formula is C34H34N2O4S. The van der Waals surface area contributed by atoms with Gasteiger partial charge >= 0.3 is 5.97 Å². The molecule has 0 aromatic heterocycles. The molecule has 0 aliphatic heterocycles. The molecule has 0 spiro atoms. The standard InChI is InChI=1S/C34H34N2O4S/c37-31(30(41)22-24-14-17-26-10-4-5-11-28(26)20-24)36-34(18-6-7-19-34)33(40)35-29(32(38)39)21-23-12-15-27(16-13-23)25-8-2-1-3-9-25/h1-5,8-17,20,29-30,41H,6-7,18-19,21-22H2,(H,35,40)(H,36,37)(H,38,39)/t29-,30-/m0/s1. The van der Waals surface area contributed by atoms with Gasteiger partial charge in [0, 0.05) is 6.42 Å². The molecule has 1 aliphatic carbocycles. The zero-order valence-corrected chi connectivity index (χ0v) is 23.6. The number of amides is 2. The number of hydrogen-bond donors (Lipinski definition) is 4. The highest BCUT2D eigenvalue weighted by Gasteiger charge is 2.44. The van der Waals surface area contributed by atoms with Gasteiger partial charge in [0.15, 0.2) is 0 Å². The molecular weight excluding hydrogens is 532 g/mol. The number of thiol groups is 1. The average Bonchev–Trinajstić information content (AvgIpc) is 3.47. The molecule has 0 unspecified atom stereocenters. The lowest BCUT2D eigenvalue weighted by Gasteiger charge is -2.31. The van der Waals surface area contributed by atoms with Crippen molar-refractivity contribution in [3.05, 3.63) is 108 Å². The van der Waals surface area contributed by atoms with E-state index in [-0.39, 0.29) is 12.3 Å². The van der Waals surface area contributed by atoms with Gasteiger partial charge in [0.05, 0.1) is 5.25 Å². The minimum absolute atomic E-state index is 0.136. The van der Waals surface area contributed by atoms with Crippen LogP contribution >= 0.6 is 12.6 Å². The molecule has 3 N–H and O–H groups in total. The summed E-state index contributed by atoms with van der Waals surface area (Å²) >= 11 is 4.57. The van der Waals surface area contributed by atoms with Crippen molar-refractivity contribution >= 4 is 41.2 Å². The molecule has 4 aromatic rings. The zero-order chi connectivity index (χ0) is 28.8. The van der Waals surface area contributed by atoms with E-state index in [4.69, 9.17) is 0 Å². The second-order valence-corrected chi connectivity index (χ2v) is 11.4. The van der Waals surface area contributed by atoms with Crippen molar-refractivity contribution in [3.8, 4) is 11.1 Å². The van der Waals surface area contributed by atoms with Crippen LogP contribution in [0.3, 0.4) is 0 Å². The van der Waals surface area contributed by atoms with Crippen LogP contribution in [0, 0.1) is 0 Å². The Kier molecular flexibility index (Phi) is 8.74. The van der Waals surface area contributed by atoms with E-state index in [2.05, 4.69) is 23.3 Å². The summed E-state index contributed by atoms with van der Waals surface area (Å²) in [5.74, 6) is -1.90. The molecule has 0 bridgehead atoms. The summed E-state index contributed by atoms with van der Waals surface area (Å²) in [5, 5.41) is 17.2. The Balaban J connectivity index is 1.24. The van der Waals surface area contributed by atoms with Gasteiger partial charge in [-0.05, 0) is 52.3 Å². The average molecular weight is 567 g/mol. The predicted molar refractivity (Wildman–Crippen MR) is 165 cm³/mol. The van der Waals surface area contributed by atoms with E-state index in [0.29, 0.717) is 19.3 Å². The Morgan fingerprint density at radius 2 is 1.37 bits per heavy atom. The molecule has 0 saturated heterocycles. The van der Waals surface area contributed by atoms with Gasteiger partial charge in [-0.1, -0.05) is 110 Å². The van der Waals surface area contributed by atoms with E-state index in [1.807, 2.05) is 97.1 Å². The smallest absolute Gasteiger partial charge is 0.326 e. The van der Waals surface area contributed by atoms with Gasteiger partial charge in [0.1, 0.15) is 11.6 Å². The summed E-state index contributed by atoms with van der Waals surface area (Å²) in [6.45, 7) is 0. The van der Waals surface area contributed by atoms with Crippen LogP contribution in [-0.4, -0.2) is 39.7 Å². The molecule has 2 atom stereocenters. The van der Waals surface area contributed by atoms with Crippen molar-refractivity contribution in [2.75, 3.05) is 0 Å². The Morgan fingerprint density at radius 1 is 0.756 bits per heavy atom. The van der Waals surface area contributed by atoms with Crippen LogP contribution in [0.15, 0.2) is 97.1 Å². The highest BCUT2D eigenvalue weighted by atomic mass is 32.1. The van der Waals surface area contributed by atoms with E-state index >= 15 is 0 Å². The number of carboxylic acids is 1. The van der Waals surface area contributed by atoms with Crippen molar-refractivity contribution in [2.45, 2.75) is 55.4 Å². The molecule has 1 fully saturated rings. The van der Waals surface area contributed by atoms with Crippen molar-refractivity contribution in [3.63, 3.8) is 0 Å². The summed E-state index contributed by atoms with van der Waals surface area (Å²) in [6, 6.07) is 30.6. The summed E-state index contributed by atoms with van der Waals surface area (Å²) in [5.41, 5.74) is 2.74. The van der Waals surface area contributed by atoms with Gasteiger partial charge in [0.2, 0.25) is 11.8 Å². The third-order valence-electron chi connectivity index (χ3n) is 7.90. The first-order valence-electron chi connectivity index (χ1n) is 14.0. The highest BCUT2D eigenvalue weighted by Crippen LogP contribution is 2.31. The first-order chi connectivity index (χ1) is 19.8. The first-order valence-corrected chi connectivity index (χ1v) is 14.5. The molecule has 0 heterocycles. The number of carboxylic acid groups (broad SMARTS) is 1. The van der Waals surface area contributed by atoms with E-state index in [1.165, 1.54) is 0 Å². The van der Waals surface area contributed by atoms with Gasteiger partial charge in [-0.2, -0.15) is 12.6 Å². The number of hydrogen-bond acceptors (Lipinski definition) is 4. The largest absolute Gasteiger partial charge is 0.480 e. The number of benzene rings is 4. The molecule has 210 valence electrons. The molecule has 4 aromatic carbocycles. The minimum atomic E-state index is -1.15. The fourth-order valence-corrected chi connectivity index (χ4v) is 5.86. The zero-order valence-electron chi connectivity index (χ0n) is 22.8. The molecule has 2 amide bonds. The molecule has 1 aliphatic rings. The van der Waals surface area contributed by atoms with Crippen molar-refractivity contribution in [1.82, 2.24) is 10.6 Å². The summed E-state index contributed by atoms with van der Waals surface area (Å²) < 4.78 is 0. The number of carbonyl (C=O) groups is 3. The van der Waals surface area contributed by atoms with Crippen molar-refractivity contribution in [2.24, 2.45) is 0 Å². The number of rotatable bonds is 10. The third kappa shape index (κ3) is 6.80. The second kappa shape index (κ2) is 12.6. The first kappa shape index (κ1) is 28.4. The SMILES string of the molecule is O=C(O)[C@H](Cc1ccc(-c2ccccc2)cc1)NC(=O)C1(NC(=O)[C@@H](S)Cc2ccc3ccccc3c2)CCCC1. The number of aliphatic carboxylic acids is 1. The van der Waals surface area contributed by atoms with E-state index < -0.39 is 28.7 Å². The fourth-order valence-electron chi connectivity index (χ4n) is 5.58. The lowest BCUT2D eigenvalue weighted by molar-refractivity contribution is -0.143. The van der Waals surface area contributed by atoms with Crippen LogP contribution in [0.2, 0.25) is 0 Å². The van der Waals surface area contributed by atoms with E-state index in [9.17, 15) is 19.5 Å². The topological polar surface area (TPSA) is 95.5 Å². The number of carbonyl (C=O) groups excluding carboxylic acids is 2. The Labute approximate surface area is 245 Å². The number of fused-ring (bicyclic) bond motifs is 1. The van der Waals surface area contributed by atoms with Gasteiger partial charge in [-0.3, -0.25) is 9.59 Å². The predicted octanol–water partition coefficient (Wildman–Crippen LogP) is 5.59. The molecule has 0 radical (unpaired) electrons. The molecule has 7 heteroatoms. The third-order valence-corrected chi connectivity index (χ3v) is 8.32. The summed E-state index contributed by atoms with van der Waals surface area (Å²) in [7, 11) is 0. The van der Waals surface area contributed by atoms with Crippen LogP contribution in [-0.2, 0) is 27.2 Å². The van der Waals surface area contributed by atoms with Gasteiger partial charge in [-0.15, -0.1) is 0 Å². The monoisotopic (exact) mass is 566 g/mol. The van der Waals surface area contributed by atoms with Gasteiger partial charge in [-0.25, -0.2) is 4.79 Å². The summed E-state index contributed by atoms with van der Waals surface area (Å²) in [6.07, 6.45) is 3.01. The van der Waals surface area contributed by atoms with Crippen LogP contribution in [0.5, 0.6) is 0 Å². The molecule has 6 nitrogen and oxygen atoms in total. The molecule has 1 saturated carbocycles. The Hall–Kier alpha value is -4.10. The minimum Gasteiger partial charge on any atom is -0.480 e. The summed E-state index contributed by atoms with van der Waals surface area (Å²) in [4.78, 5) is 39.0. The Bertz CT molecular complexity index is 1530. The lowest BCUT2D eigenvalue weighted by atomic mass is 9.94. The van der Waals surface area contributed by atoms with Gasteiger partial charge in [0.25, 0.3) is 0 Å². The van der Waals surface area contributed by atoms with Gasteiger partial charge < -0.3 is 15.7 Å². The van der Waals surface area contributed by atoms with E-state index in [0.717, 1.165) is 45.9 Å². The van der Waals surface area contributed by atoms with Crippen molar-refractivity contribution in [1.29, 1.82) is 0 Å². The lowest BCUT2D eigenvalue weighted by Crippen LogP contribution is -2.61. The maximum absolute atomic E-state index is 13.6. The quantitative estimate of drug-likeness (QED) is 0.188. The normalized spacial score (nSPS) is 15.6. The molecule has 5 rings (SSSR count). The van der Waals surface area contributed by atoms with Crippen LogP contribution in [0.1, 0.15) is 36.8 Å². The number of nitrogens with one attached hydrogen (secondary N) is 2. The Morgan fingerprint density at radius 3 is 2.05 bits per heavy atom. The maximum Gasteiger partial charge on any atom is 0.326 e. The van der Waals surface area contributed by atoms with Crippen LogP contribution in [0.4, 0.5) is 0 Å². The fraction of sp³-hybridized carbons (Fsp3) is 0.265. The molecule has 41 heavy (non-hydrogen) atoms. The van der Waals surface area contributed by atoms with Crippen LogP contribution < -0.4 is 10.6 Å². The van der Waals surface area contributed by atoms with E-state index in [1.54, 1.807) is 0 Å². The maximum atomic E-state index is 13.6.